The Morgan fingerprint density at radius 2 is 1.85 bits per heavy atom. The van der Waals surface area contributed by atoms with Crippen molar-refractivity contribution in [2.75, 3.05) is 26.2 Å². The van der Waals surface area contributed by atoms with Gasteiger partial charge in [-0.15, -0.1) is 36.2 Å². The van der Waals surface area contributed by atoms with E-state index in [1.807, 2.05) is 11.3 Å². The number of hydrogen-bond donors (Lipinski definition) is 1. The Morgan fingerprint density at radius 3 is 2.35 bits per heavy atom. The molecule has 1 saturated heterocycles. The van der Waals surface area contributed by atoms with Crippen molar-refractivity contribution in [2.24, 2.45) is 5.92 Å². The standard InChI is InChI=1S/C15H26N2S.2ClH/c1-12(2)4-5-14(15-13(3)6-11-18-15)17-9-7-16-8-10-17;;/h6,11-12,14,16H,4-5,7-10H2,1-3H3;2*1H/t14-;;/m0../s1. The Morgan fingerprint density at radius 1 is 1.20 bits per heavy atom. The summed E-state index contributed by atoms with van der Waals surface area (Å²) in [5.74, 6) is 0.802. The van der Waals surface area contributed by atoms with Gasteiger partial charge in [0.15, 0.2) is 0 Å². The van der Waals surface area contributed by atoms with E-state index in [0.29, 0.717) is 6.04 Å². The molecule has 0 amide bonds. The van der Waals surface area contributed by atoms with E-state index in [0.717, 1.165) is 19.0 Å². The molecule has 1 aliphatic rings. The highest BCUT2D eigenvalue weighted by Crippen LogP contribution is 2.33. The molecule has 0 saturated carbocycles. The summed E-state index contributed by atoms with van der Waals surface area (Å²) in [6.45, 7) is 11.6. The molecule has 5 heteroatoms. The Hall–Kier alpha value is 0.200. The molecule has 2 nitrogen and oxygen atoms in total. The van der Waals surface area contributed by atoms with Gasteiger partial charge < -0.3 is 5.32 Å². The third-order valence-electron chi connectivity index (χ3n) is 3.81. The maximum absolute atomic E-state index is 3.46. The SMILES string of the molecule is Cc1ccsc1[C@H](CCC(C)C)N1CCNCC1.Cl.Cl. The predicted molar refractivity (Wildman–Crippen MR) is 94.8 cm³/mol. The van der Waals surface area contributed by atoms with Gasteiger partial charge in [0.1, 0.15) is 0 Å². The molecule has 1 aliphatic heterocycles. The molecule has 2 rings (SSSR count). The summed E-state index contributed by atoms with van der Waals surface area (Å²) in [5, 5.41) is 5.70. The predicted octanol–water partition coefficient (Wildman–Crippen LogP) is 4.28. The van der Waals surface area contributed by atoms with Gasteiger partial charge in [0.2, 0.25) is 0 Å². The molecule has 1 atom stereocenters. The van der Waals surface area contributed by atoms with Crippen molar-refractivity contribution in [1.82, 2.24) is 10.2 Å². The van der Waals surface area contributed by atoms with Gasteiger partial charge in [-0.1, -0.05) is 13.8 Å². The van der Waals surface area contributed by atoms with Crippen LogP contribution in [0, 0.1) is 12.8 Å². The molecule has 1 N–H and O–H groups in total. The van der Waals surface area contributed by atoms with Gasteiger partial charge in [-0.3, -0.25) is 4.90 Å². The van der Waals surface area contributed by atoms with Crippen LogP contribution in [0.1, 0.15) is 43.2 Å². The second kappa shape index (κ2) is 10.0. The highest BCUT2D eigenvalue weighted by Gasteiger charge is 2.24. The quantitative estimate of drug-likeness (QED) is 0.861. The van der Waals surface area contributed by atoms with Gasteiger partial charge >= 0.3 is 0 Å². The lowest BCUT2D eigenvalue weighted by Crippen LogP contribution is -2.45. The summed E-state index contributed by atoms with van der Waals surface area (Å²) in [6, 6.07) is 2.92. The fourth-order valence-electron chi connectivity index (χ4n) is 2.69. The number of halogens is 2. The number of nitrogens with one attached hydrogen (secondary N) is 1. The maximum Gasteiger partial charge on any atom is 0.0445 e. The van der Waals surface area contributed by atoms with E-state index in [1.54, 1.807) is 4.88 Å². The number of rotatable bonds is 5. The smallest absolute Gasteiger partial charge is 0.0445 e. The Bertz CT molecular complexity index is 363. The minimum absolute atomic E-state index is 0. The summed E-state index contributed by atoms with van der Waals surface area (Å²) < 4.78 is 0. The van der Waals surface area contributed by atoms with Crippen LogP contribution in [0.15, 0.2) is 11.4 Å². The van der Waals surface area contributed by atoms with Crippen LogP contribution in [0.5, 0.6) is 0 Å². The second-order valence-electron chi connectivity index (χ2n) is 5.74. The normalized spacial score (nSPS) is 17.4. The monoisotopic (exact) mass is 338 g/mol. The number of thiophene rings is 1. The minimum Gasteiger partial charge on any atom is -0.314 e. The molecule has 0 unspecified atom stereocenters. The van der Waals surface area contributed by atoms with Gasteiger partial charge in [0, 0.05) is 37.1 Å². The van der Waals surface area contributed by atoms with Crippen molar-refractivity contribution in [3.8, 4) is 0 Å². The van der Waals surface area contributed by atoms with E-state index < -0.39 is 0 Å². The van der Waals surface area contributed by atoms with Crippen LogP contribution in [-0.2, 0) is 0 Å². The van der Waals surface area contributed by atoms with Crippen molar-refractivity contribution in [3.63, 3.8) is 0 Å². The molecule has 1 aromatic heterocycles. The third kappa shape index (κ3) is 5.53. The third-order valence-corrected chi connectivity index (χ3v) is 4.93. The molecule has 1 fully saturated rings. The minimum atomic E-state index is 0. The molecule has 0 bridgehead atoms. The molecule has 0 aliphatic carbocycles. The van der Waals surface area contributed by atoms with E-state index in [9.17, 15) is 0 Å². The van der Waals surface area contributed by atoms with Crippen LogP contribution in [0.25, 0.3) is 0 Å². The molecule has 0 aromatic carbocycles. The highest BCUT2D eigenvalue weighted by atomic mass is 35.5. The molecule has 0 radical (unpaired) electrons. The molecule has 118 valence electrons. The van der Waals surface area contributed by atoms with Crippen LogP contribution in [-0.4, -0.2) is 31.1 Å². The van der Waals surface area contributed by atoms with Crippen molar-refractivity contribution in [3.05, 3.63) is 21.9 Å². The maximum atomic E-state index is 3.46. The Balaban J connectivity index is 0.00000180. The highest BCUT2D eigenvalue weighted by molar-refractivity contribution is 7.10. The average Bonchev–Trinajstić information content (AvgIpc) is 2.77. The lowest BCUT2D eigenvalue weighted by molar-refractivity contribution is 0.162. The number of hydrogen-bond acceptors (Lipinski definition) is 3. The van der Waals surface area contributed by atoms with Gasteiger partial charge in [-0.2, -0.15) is 0 Å². The van der Waals surface area contributed by atoms with Crippen LogP contribution < -0.4 is 5.32 Å². The number of piperazine rings is 1. The lowest BCUT2D eigenvalue weighted by atomic mass is 9.99. The summed E-state index contributed by atoms with van der Waals surface area (Å²) in [5.41, 5.74) is 1.48. The lowest BCUT2D eigenvalue weighted by Gasteiger charge is -2.35. The van der Waals surface area contributed by atoms with E-state index >= 15 is 0 Å². The van der Waals surface area contributed by atoms with Crippen molar-refractivity contribution < 1.29 is 0 Å². The van der Waals surface area contributed by atoms with Gasteiger partial charge in [-0.25, -0.2) is 0 Å². The first-order chi connectivity index (χ1) is 8.68. The molecule has 1 aromatic rings. The van der Waals surface area contributed by atoms with E-state index in [-0.39, 0.29) is 24.8 Å². The van der Waals surface area contributed by atoms with E-state index in [1.165, 1.54) is 31.5 Å². The number of aryl methyl sites for hydroxylation is 1. The van der Waals surface area contributed by atoms with Crippen molar-refractivity contribution >= 4 is 36.2 Å². The molecule has 0 spiro atoms. The Labute approximate surface area is 140 Å². The first-order valence-corrected chi connectivity index (χ1v) is 8.05. The van der Waals surface area contributed by atoms with Crippen LogP contribution in [0.4, 0.5) is 0 Å². The van der Waals surface area contributed by atoms with Crippen molar-refractivity contribution in [1.29, 1.82) is 0 Å². The summed E-state index contributed by atoms with van der Waals surface area (Å²) in [7, 11) is 0. The fourth-order valence-corrected chi connectivity index (χ4v) is 3.79. The first-order valence-electron chi connectivity index (χ1n) is 7.17. The van der Waals surface area contributed by atoms with Crippen LogP contribution >= 0.6 is 36.2 Å². The largest absolute Gasteiger partial charge is 0.314 e. The molecular weight excluding hydrogens is 311 g/mol. The first kappa shape index (κ1) is 20.2. The van der Waals surface area contributed by atoms with Crippen LogP contribution in [0.3, 0.4) is 0 Å². The zero-order valence-electron chi connectivity index (χ0n) is 12.7. The van der Waals surface area contributed by atoms with Gasteiger partial charge in [0.25, 0.3) is 0 Å². The van der Waals surface area contributed by atoms with E-state index in [4.69, 9.17) is 0 Å². The molecule has 20 heavy (non-hydrogen) atoms. The summed E-state index contributed by atoms with van der Waals surface area (Å²) in [4.78, 5) is 4.27. The van der Waals surface area contributed by atoms with Gasteiger partial charge in [-0.05, 0) is 42.7 Å². The molecule has 2 heterocycles. The Kier molecular flexibility index (Phi) is 10.1. The zero-order chi connectivity index (χ0) is 13.0. The zero-order valence-corrected chi connectivity index (χ0v) is 15.2. The number of nitrogens with zero attached hydrogens (tertiary/aromatic N) is 1. The average molecular weight is 339 g/mol. The topological polar surface area (TPSA) is 15.3 Å². The van der Waals surface area contributed by atoms with E-state index in [2.05, 4.69) is 42.4 Å². The molecular formula is C15H28Cl2N2S. The van der Waals surface area contributed by atoms with Gasteiger partial charge in [0.05, 0.1) is 0 Å². The van der Waals surface area contributed by atoms with Crippen LogP contribution in [0.2, 0.25) is 0 Å². The summed E-state index contributed by atoms with van der Waals surface area (Å²) >= 11 is 1.94. The summed E-state index contributed by atoms with van der Waals surface area (Å²) in [6.07, 6.45) is 2.63. The fraction of sp³-hybridized carbons (Fsp3) is 0.733. The second-order valence-corrected chi connectivity index (χ2v) is 6.69. The van der Waals surface area contributed by atoms with Crippen molar-refractivity contribution in [2.45, 2.75) is 39.7 Å².